The molecule has 1 amide bonds. The molecule has 0 aromatic heterocycles. The van der Waals surface area contributed by atoms with Gasteiger partial charge >= 0.3 is 29.6 Å². The molecule has 0 heterocycles. The van der Waals surface area contributed by atoms with Crippen molar-refractivity contribution in [3.05, 3.63) is 24.3 Å². The van der Waals surface area contributed by atoms with Gasteiger partial charge in [0.1, 0.15) is 0 Å². The summed E-state index contributed by atoms with van der Waals surface area (Å²) >= 11 is 0. The van der Waals surface area contributed by atoms with Crippen molar-refractivity contribution in [3.8, 4) is 0 Å². The number of amides is 1. The second-order valence-electron chi connectivity index (χ2n) is 6.13. The summed E-state index contributed by atoms with van der Waals surface area (Å²) < 4.78 is 0. The van der Waals surface area contributed by atoms with Crippen LogP contribution >= 0.6 is 0 Å². The van der Waals surface area contributed by atoms with E-state index in [4.69, 9.17) is 0 Å². The number of hydrogen-bond donors (Lipinski definition) is 1. The first-order chi connectivity index (χ1) is 11.7. The minimum Gasteiger partial charge on any atom is -0.548 e. The number of allylic oxidation sites excluding steroid dienone is 4. The van der Waals surface area contributed by atoms with Crippen molar-refractivity contribution in [1.82, 2.24) is 5.32 Å². The van der Waals surface area contributed by atoms with Crippen LogP contribution in [0.2, 0.25) is 0 Å². The van der Waals surface area contributed by atoms with Crippen molar-refractivity contribution < 1.29 is 44.3 Å². The Kier molecular flexibility index (Phi) is 22.9. The van der Waals surface area contributed by atoms with Crippen LogP contribution in [0.5, 0.6) is 0 Å². The Morgan fingerprint density at radius 1 is 0.840 bits per heavy atom. The molecule has 0 atom stereocenters. The van der Waals surface area contributed by atoms with E-state index in [1.165, 1.54) is 38.5 Å². The predicted octanol–water partition coefficient (Wildman–Crippen LogP) is 0.670. The molecule has 0 fully saturated rings. The first-order valence-electron chi connectivity index (χ1n) is 9.43. The first kappa shape index (κ1) is 26.6. The Bertz CT molecular complexity index is 381. The van der Waals surface area contributed by atoms with Gasteiger partial charge in [-0.2, -0.15) is 0 Å². The Balaban J connectivity index is 0. The van der Waals surface area contributed by atoms with Crippen LogP contribution in [-0.4, -0.2) is 18.4 Å². The van der Waals surface area contributed by atoms with E-state index >= 15 is 0 Å². The van der Waals surface area contributed by atoms with Crippen LogP contribution in [0.4, 0.5) is 0 Å². The van der Waals surface area contributed by atoms with Crippen molar-refractivity contribution in [3.63, 3.8) is 0 Å². The summed E-state index contributed by atoms with van der Waals surface area (Å²) in [6.45, 7) is 1.84. The molecule has 0 aromatic carbocycles. The van der Waals surface area contributed by atoms with Crippen LogP contribution in [0.25, 0.3) is 0 Å². The Morgan fingerprint density at radius 2 is 1.40 bits per heavy atom. The van der Waals surface area contributed by atoms with Gasteiger partial charge in [-0.05, 0) is 38.5 Å². The van der Waals surface area contributed by atoms with Crippen molar-refractivity contribution in [2.24, 2.45) is 0 Å². The fourth-order valence-electron chi connectivity index (χ4n) is 2.36. The third-order valence-electron chi connectivity index (χ3n) is 3.78. The number of carboxylic acid groups (broad SMARTS) is 1. The fraction of sp³-hybridized carbons (Fsp3) is 0.700. The molecule has 1 N–H and O–H groups in total. The molecule has 0 saturated heterocycles. The van der Waals surface area contributed by atoms with Crippen molar-refractivity contribution in [2.75, 3.05) is 6.54 Å². The largest absolute Gasteiger partial charge is 1.00 e. The normalized spacial score (nSPS) is 10.9. The summed E-state index contributed by atoms with van der Waals surface area (Å²) in [5, 5.41) is 12.5. The van der Waals surface area contributed by atoms with Gasteiger partial charge < -0.3 is 15.2 Å². The summed E-state index contributed by atoms with van der Waals surface area (Å²) in [4.78, 5) is 21.4. The summed E-state index contributed by atoms with van der Waals surface area (Å²) in [6.07, 6.45) is 22.0. The molecule has 5 heteroatoms. The Hall–Kier alpha value is -0.580. The van der Waals surface area contributed by atoms with Crippen LogP contribution in [-0.2, 0) is 9.59 Å². The first-order valence-corrected chi connectivity index (χ1v) is 9.43. The van der Waals surface area contributed by atoms with Gasteiger partial charge in [0.05, 0.1) is 12.5 Å². The third-order valence-corrected chi connectivity index (χ3v) is 3.78. The second-order valence-corrected chi connectivity index (χ2v) is 6.13. The predicted molar refractivity (Wildman–Crippen MR) is 97.4 cm³/mol. The monoisotopic (exact) mass is 359 g/mol. The number of rotatable bonds is 16. The number of carbonyl (C=O) groups excluding carboxylic acids is 2. The molecule has 138 valence electrons. The van der Waals surface area contributed by atoms with E-state index in [0.29, 0.717) is 6.42 Å². The van der Waals surface area contributed by atoms with Crippen LogP contribution < -0.4 is 40.0 Å². The van der Waals surface area contributed by atoms with E-state index in [9.17, 15) is 14.7 Å². The van der Waals surface area contributed by atoms with Gasteiger partial charge in [0, 0.05) is 6.42 Å². The fourth-order valence-corrected chi connectivity index (χ4v) is 2.36. The van der Waals surface area contributed by atoms with Crippen molar-refractivity contribution >= 4 is 11.9 Å². The van der Waals surface area contributed by atoms with E-state index in [1.807, 2.05) is 0 Å². The molecule has 0 saturated carbocycles. The zero-order valence-corrected chi connectivity index (χ0v) is 18.2. The van der Waals surface area contributed by atoms with Gasteiger partial charge in [-0.25, -0.2) is 0 Å². The topological polar surface area (TPSA) is 69.2 Å². The van der Waals surface area contributed by atoms with Crippen LogP contribution in [0.3, 0.4) is 0 Å². The quantitative estimate of drug-likeness (QED) is 0.250. The number of carboxylic acids is 1. The number of aliphatic carboxylic acids is 1. The molecule has 0 radical (unpaired) electrons. The maximum atomic E-state index is 11.3. The summed E-state index contributed by atoms with van der Waals surface area (Å²) in [5.74, 6) is -1.45. The molecule has 4 nitrogen and oxygen atoms in total. The van der Waals surface area contributed by atoms with Gasteiger partial charge in [0.15, 0.2) is 0 Å². The molecule has 0 aromatic rings. The standard InChI is InChI=1S/C20H35NO3.Na/c1-2-3-4-5-6-7-8-9-10-11-12-13-14-15-16-17-19(22)21-18-20(23)24;/h6-7,9-10H,2-5,8,11-18H2,1H3,(H,21,22)(H,23,24);/q;+1/p-1/b7-6-,10-9-;. The minimum absolute atomic E-state index is 0. The molecule has 0 spiro atoms. The van der Waals surface area contributed by atoms with Gasteiger partial charge in [-0.1, -0.05) is 63.3 Å². The summed E-state index contributed by atoms with van der Waals surface area (Å²) in [5.41, 5.74) is 0. The smallest absolute Gasteiger partial charge is 0.548 e. The zero-order valence-electron chi connectivity index (χ0n) is 16.2. The maximum absolute atomic E-state index is 11.3. The number of nitrogens with one attached hydrogen (secondary N) is 1. The Morgan fingerprint density at radius 3 is 2.00 bits per heavy atom. The molecule has 0 bridgehead atoms. The summed E-state index contributed by atoms with van der Waals surface area (Å²) in [6, 6.07) is 0. The third kappa shape index (κ3) is 23.4. The van der Waals surface area contributed by atoms with Crippen LogP contribution in [0, 0.1) is 0 Å². The van der Waals surface area contributed by atoms with Crippen molar-refractivity contribution in [2.45, 2.75) is 84.0 Å². The average molecular weight is 359 g/mol. The van der Waals surface area contributed by atoms with E-state index in [2.05, 4.69) is 36.5 Å². The number of hydrogen-bond acceptors (Lipinski definition) is 3. The molecule has 0 aliphatic carbocycles. The molecule has 0 rings (SSSR count). The molecular weight excluding hydrogens is 325 g/mol. The van der Waals surface area contributed by atoms with Crippen molar-refractivity contribution in [1.29, 1.82) is 0 Å². The molecule has 0 aliphatic rings. The Labute approximate surface area is 175 Å². The maximum Gasteiger partial charge on any atom is 1.00 e. The second kappa shape index (κ2) is 21.5. The van der Waals surface area contributed by atoms with E-state index in [-0.39, 0.29) is 42.0 Å². The summed E-state index contributed by atoms with van der Waals surface area (Å²) in [7, 11) is 0. The molecule has 0 aliphatic heterocycles. The zero-order chi connectivity index (χ0) is 17.9. The van der Waals surface area contributed by atoms with Gasteiger partial charge in [-0.15, -0.1) is 0 Å². The SMILES string of the molecule is CCCCC/C=C\C/C=C\CCCCCCCC(=O)NCC(=O)[O-].[Na+]. The number of carbonyl (C=O) groups is 2. The number of unbranched alkanes of at least 4 members (excludes halogenated alkanes) is 8. The van der Waals surface area contributed by atoms with Gasteiger partial charge in [0.25, 0.3) is 0 Å². The van der Waals surface area contributed by atoms with Crippen LogP contribution in [0.15, 0.2) is 24.3 Å². The molecule has 25 heavy (non-hydrogen) atoms. The van der Waals surface area contributed by atoms with E-state index in [0.717, 1.165) is 32.1 Å². The van der Waals surface area contributed by atoms with Gasteiger partial charge in [0.2, 0.25) is 5.91 Å². The average Bonchev–Trinajstić information content (AvgIpc) is 2.56. The van der Waals surface area contributed by atoms with Crippen LogP contribution in [0.1, 0.15) is 84.0 Å². The minimum atomic E-state index is -1.25. The van der Waals surface area contributed by atoms with E-state index < -0.39 is 5.97 Å². The van der Waals surface area contributed by atoms with Gasteiger partial charge in [-0.3, -0.25) is 4.79 Å². The molecule has 0 unspecified atom stereocenters. The van der Waals surface area contributed by atoms with E-state index in [1.54, 1.807) is 0 Å². The molecular formula is C20H34NNaO3.